The predicted molar refractivity (Wildman–Crippen MR) is 65.2 cm³/mol. The van der Waals surface area contributed by atoms with E-state index in [-0.39, 0.29) is 0 Å². The lowest BCUT2D eigenvalue weighted by Gasteiger charge is -2.35. The summed E-state index contributed by atoms with van der Waals surface area (Å²) >= 11 is 0. The predicted octanol–water partition coefficient (Wildman–Crippen LogP) is 1.23. The maximum absolute atomic E-state index is 10.2. The number of aryl methyl sites for hydroxylation is 1. The van der Waals surface area contributed by atoms with Crippen molar-refractivity contribution in [2.24, 2.45) is 0 Å². The van der Waals surface area contributed by atoms with Crippen LogP contribution in [-0.2, 0) is 0 Å². The Kier molecular flexibility index (Phi) is 3.59. The number of hydrogen-bond acceptors (Lipinski definition) is 3. The largest absolute Gasteiger partial charge is 0.374 e. The van der Waals surface area contributed by atoms with Gasteiger partial charge in [-0.2, -0.15) is 0 Å². The van der Waals surface area contributed by atoms with Crippen LogP contribution in [0.5, 0.6) is 0 Å². The van der Waals surface area contributed by atoms with Crippen molar-refractivity contribution in [3.05, 3.63) is 35.4 Å². The summed E-state index contributed by atoms with van der Waals surface area (Å²) in [6.07, 6.45) is -0.450. The maximum atomic E-state index is 10.2. The van der Waals surface area contributed by atoms with E-state index in [9.17, 15) is 5.11 Å². The van der Waals surface area contributed by atoms with E-state index in [2.05, 4.69) is 35.9 Å². The third-order valence-electron chi connectivity index (χ3n) is 3.26. The van der Waals surface area contributed by atoms with Crippen LogP contribution in [0.1, 0.15) is 17.4 Å². The zero-order valence-corrected chi connectivity index (χ0v) is 10.1. The third-order valence-corrected chi connectivity index (χ3v) is 3.26. The monoisotopic (exact) mass is 220 g/mol. The number of aliphatic hydroxyl groups excluding tert-OH is 1. The van der Waals surface area contributed by atoms with E-state index in [4.69, 9.17) is 0 Å². The molecule has 1 saturated heterocycles. The first kappa shape index (κ1) is 11.6. The van der Waals surface area contributed by atoms with E-state index in [0.29, 0.717) is 0 Å². The van der Waals surface area contributed by atoms with Gasteiger partial charge >= 0.3 is 0 Å². The van der Waals surface area contributed by atoms with Crippen LogP contribution in [0.15, 0.2) is 24.3 Å². The minimum Gasteiger partial charge on any atom is -0.374 e. The Hall–Kier alpha value is -0.900. The summed E-state index contributed by atoms with van der Waals surface area (Å²) in [6, 6.07) is 8.12. The minimum atomic E-state index is -0.450. The van der Waals surface area contributed by atoms with E-state index in [0.717, 1.165) is 31.7 Å². The molecule has 1 fully saturated rings. The molecule has 0 unspecified atom stereocenters. The van der Waals surface area contributed by atoms with Gasteiger partial charge in [-0.3, -0.25) is 4.90 Å². The fraction of sp³-hybridized carbons (Fsp3) is 0.538. The summed E-state index contributed by atoms with van der Waals surface area (Å²) < 4.78 is 0. The molecule has 3 heteroatoms. The topological polar surface area (TPSA) is 26.7 Å². The lowest BCUT2D eigenvalue weighted by molar-refractivity contribution is -0.0232. The Balaban J connectivity index is 2.01. The number of hydrogen-bond donors (Lipinski definition) is 1. The molecule has 0 aromatic heterocycles. The fourth-order valence-corrected chi connectivity index (χ4v) is 2.02. The average molecular weight is 220 g/mol. The van der Waals surface area contributed by atoms with Crippen molar-refractivity contribution < 1.29 is 5.11 Å². The van der Waals surface area contributed by atoms with Crippen molar-refractivity contribution in [3.8, 4) is 0 Å². The first-order chi connectivity index (χ1) is 7.66. The summed E-state index contributed by atoms with van der Waals surface area (Å²) in [5.41, 5.74) is 2.23. The Morgan fingerprint density at radius 2 is 1.62 bits per heavy atom. The minimum absolute atomic E-state index is 0.450. The Labute approximate surface area is 97.3 Å². The molecule has 1 aliphatic rings. The van der Waals surface area contributed by atoms with Crippen LogP contribution in [0.4, 0.5) is 0 Å². The van der Waals surface area contributed by atoms with E-state index in [1.54, 1.807) is 0 Å². The first-order valence-corrected chi connectivity index (χ1v) is 5.84. The molecule has 1 atom stereocenters. The highest BCUT2D eigenvalue weighted by Crippen LogP contribution is 2.19. The molecular formula is C13H20N2O. The van der Waals surface area contributed by atoms with Crippen molar-refractivity contribution >= 4 is 0 Å². The molecule has 2 rings (SSSR count). The van der Waals surface area contributed by atoms with E-state index in [1.165, 1.54) is 5.56 Å². The van der Waals surface area contributed by atoms with Crippen LogP contribution >= 0.6 is 0 Å². The van der Waals surface area contributed by atoms with Gasteiger partial charge in [-0.15, -0.1) is 0 Å². The molecule has 0 bridgehead atoms. The molecule has 1 aromatic carbocycles. The quantitative estimate of drug-likeness (QED) is 0.812. The van der Waals surface area contributed by atoms with Crippen molar-refractivity contribution in [1.82, 2.24) is 9.80 Å². The molecule has 0 saturated carbocycles. The standard InChI is InChI=1S/C13H20N2O/c1-11-3-5-12(6-4-11)13(16)15-9-7-14(2)8-10-15/h3-6,13,16H,7-10H2,1-2H3/t13-/m0/s1. The fourth-order valence-electron chi connectivity index (χ4n) is 2.02. The second-order valence-corrected chi connectivity index (χ2v) is 4.62. The van der Waals surface area contributed by atoms with Crippen LogP contribution in [0.25, 0.3) is 0 Å². The molecular weight excluding hydrogens is 200 g/mol. The van der Waals surface area contributed by atoms with Gasteiger partial charge in [0.15, 0.2) is 0 Å². The van der Waals surface area contributed by atoms with E-state index < -0.39 is 6.23 Å². The zero-order chi connectivity index (χ0) is 11.5. The smallest absolute Gasteiger partial charge is 0.133 e. The normalized spacial score (nSPS) is 20.9. The number of aliphatic hydroxyl groups is 1. The van der Waals surface area contributed by atoms with Crippen LogP contribution in [0.2, 0.25) is 0 Å². The summed E-state index contributed by atoms with van der Waals surface area (Å²) in [4.78, 5) is 4.42. The number of rotatable bonds is 2. The molecule has 0 radical (unpaired) electrons. The number of piperazine rings is 1. The number of nitrogens with zero attached hydrogens (tertiary/aromatic N) is 2. The lowest BCUT2D eigenvalue weighted by Crippen LogP contribution is -2.45. The zero-order valence-electron chi connectivity index (χ0n) is 10.1. The van der Waals surface area contributed by atoms with Crippen molar-refractivity contribution in [2.75, 3.05) is 33.2 Å². The molecule has 88 valence electrons. The lowest BCUT2D eigenvalue weighted by atomic mass is 10.1. The highest BCUT2D eigenvalue weighted by Gasteiger charge is 2.21. The molecule has 16 heavy (non-hydrogen) atoms. The van der Waals surface area contributed by atoms with E-state index in [1.807, 2.05) is 12.1 Å². The van der Waals surface area contributed by atoms with Gasteiger partial charge in [0.25, 0.3) is 0 Å². The van der Waals surface area contributed by atoms with Gasteiger partial charge in [-0.05, 0) is 19.5 Å². The van der Waals surface area contributed by atoms with Crippen molar-refractivity contribution in [2.45, 2.75) is 13.2 Å². The number of benzene rings is 1. The molecule has 1 N–H and O–H groups in total. The Morgan fingerprint density at radius 3 is 2.19 bits per heavy atom. The van der Waals surface area contributed by atoms with Gasteiger partial charge in [0.2, 0.25) is 0 Å². The van der Waals surface area contributed by atoms with Crippen LogP contribution < -0.4 is 0 Å². The first-order valence-electron chi connectivity index (χ1n) is 5.84. The summed E-state index contributed by atoms with van der Waals surface area (Å²) in [5, 5.41) is 10.2. The maximum Gasteiger partial charge on any atom is 0.133 e. The Bertz CT molecular complexity index is 328. The highest BCUT2D eigenvalue weighted by atomic mass is 16.3. The van der Waals surface area contributed by atoms with Crippen LogP contribution in [0, 0.1) is 6.92 Å². The van der Waals surface area contributed by atoms with Gasteiger partial charge in [0.1, 0.15) is 6.23 Å². The average Bonchev–Trinajstić information content (AvgIpc) is 2.30. The van der Waals surface area contributed by atoms with Crippen LogP contribution in [-0.4, -0.2) is 48.1 Å². The van der Waals surface area contributed by atoms with Gasteiger partial charge in [-0.25, -0.2) is 0 Å². The second kappa shape index (κ2) is 4.95. The summed E-state index contributed by atoms with van der Waals surface area (Å²) in [5.74, 6) is 0. The molecule has 0 amide bonds. The van der Waals surface area contributed by atoms with Crippen molar-refractivity contribution in [1.29, 1.82) is 0 Å². The number of likely N-dealkylation sites (N-methyl/N-ethyl adjacent to an activating group) is 1. The molecule has 1 heterocycles. The highest BCUT2D eigenvalue weighted by molar-refractivity contribution is 5.22. The van der Waals surface area contributed by atoms with Gasteiger partial charge in [0.05, 0.1) is 0 Å². The molecule has 1 aromatic rings. The summed E-state index contributed by atoms with van der Waals surface area (Å²) in [7, 11) is 2.12. The molecule has 1 aliphatic heterocycles. The van der Waals surface area contributed by atoms with Crippen LogP contribution in [0.3, 0.4) is 0 Å². The van der Waals surface area contributed by atoms with Gasteiger partial charge < -0.3 is 10.0 Å². The molecule has 0 spiro atoms. The van der Waals surface area contributed by atoms with Gasteiger partial charge in [-0.1, -0.05) is 29.8 Å². The summed E-state index contributed by atoms with van der Waals surface area (Å²) in [6.45, 7) is 5.99. The second-order valence-electron chi connectivity index (χ2n) is 4.62. The third kappa shape index (κ3) is 2.61. The van der Waals surface area contributed by atoms with E-state index >= 15 is 0 Å². The van der Waals surface area contributed by atoms with Crippen molar-refractivity contribution in [3.63, 3.8) is 0 Å². The van der Waals surface area contributed by atoms with Gasteiger partial charge in [0, 0.05) is 26.2 Å². The Morgan fingerprint density at radius 1 is 1.06 bits per heavy atom. The molecule has 0 aliphatic carbocycles. The SMILES string of the molecule is Cc1ccc([C@H](O)N2CCN(C)CC2)cc1. The molecule has 3 nitrogen and oxygen atoms in total.